The summed E-state index contributed by atoms with van der Waals surface area (Å²) in [7, 11) is 3.10. The lowest BCUT2D eigenvalue weighted by atomic mass is 10.0. The minimum Gasteiger partial charge on any atom is -0.497 e. The van der Waals surface area contributed by atoms with Gasteiger partial charge in [0.25, 0.3) is 0 Å². The number of hydrogen-bond donors (Lipinski definition) is 2. The maximum Gasteiger partial charge on any atom is 0.342 e. The average molecular weight is 489 g/mol. The molecule has 0 bridgehead atoms. The minimum absolute atomic E-state index is 0.0167. The molecule has 3 aromatic carbocycles. The van der Waals surface area contributed by atoms with Gasteiger partial charge in [0.15, 0.2) is 12.4 Å². The molecule has 2 N–H and O–H groups in total. The number of aromatic amines is 1. The van der Waals surface area contributed by atoms with Gasteiger partial charge in [-0.1, -0.05) is 30.3 Å². The van der Waals surface area contributed by atoms with Crippen molar-refractivity contribution in [2.75, 3.05) is 20.8 Å². The van der Waals surface area contributed by atoms with Crippen LogP contribution in [0.5, 0.6) is 17.2 Å². The molecule has 0 atom stereocenters. The van der Waals surface area contributed by atoms with Gasteiger partial charge in [-0.2, -0.15) is 5.26 Å². The molecule has 35 heavy (non-hydrogen) atoms. The SMILES string of the molecule is COc1cc(OC)cc(-c2nc(S/C(=C\c3c(OCC#N)ccc4ccccc34)C(=O)O)n[nH]2)c1. The Hall–Kier alpha value is -4.49. The molecular weight excluding hydrogens is 468 g/mol. The Labute approximate surface area is 205 Å². The first-order valence-electron chi connectivity index (χ1n) is 10.3. The predicted molar refractivity (Wildman–Crippen MR) is 131 cm³/mol. The third-order valence-electron chi connectivity index (χ3n) is 5.00. The Balaban J connectivity index is 1.71. The van der Waals surface area contributed by atoms with E-state index in [1.54, 1.807) is 38.5 Å². The number of benzene rings is 3. The van der Waals surface area contributed by atoms with Gasteiger partial charge in [-0.15, -0.1) is 5.10 Å². The first-order chi connectivity index (χ1) is 17.0. The van der Waals surface area contributed by atoms with Gasteiger partial charge in [0, 0.05) is 17.2 Å². The number of nitrogens with one attached hydrogen (secondary N) is 1. The van der Waals surface area contributed by atoms with E-state index in [1.807, 2.05) is 36.4 Å². The molecule has 10 heteroatoms. The zero-order chi connectivity index (χ0) is 24.8. The Morgan fingerprint density at radius 3 is 2.57 bits per heavy atom. The lowest BCUT2D eigenvalue weighted by Crippen LogP contribution is -2.00. The number of fused-ring (bicyclic) bond motifs is 1. The van der Waals surface area contributed by atoms with Crippen LogP contribution in [0.3, 0.4) is 0 Å². The molecule has 0 fully saturated rings. The fraction of sp³-hybridized carbons (Fsp3) is 0.120. The molecule has 176 valence electrons. The Morgan fingerprint density at radius 2 is 1.89 bits per heavy atom. The van der Waals surface area contributed by atoms with Gasteiger partial charge in [0.1, 0.15) is 28.2 Å². The highest BCUT2D eigenvalue weighted by Crippen LogP contribution is 2.35. The number of aromatic nitrogens is 3. The second-order valence-electron chi connectivity index (χ2n) is 7.13. The summed E-state index contributed by atoms with van der Waals surface area (Å²) in [5.41, 5.74) is 1.22. The third-order valence-corrected chi connectivity index (χ3v) is 5.88. The number of thioether (sulfide) groups is 1. The summed E-state index contributed by atoms with van der Waals surface area (Å²) < 4.78 is 16.2. The van der Waals surface area contributed by atoms with Crippen LogP contribution in [0.2, 0.25) is 0 Å². The number of carboxylic acid groups (broad SMARTS) is 1. The molecule has 0 spiro atoms. The molecule has 0 radical (unpaired) electrons. The van der Waals surface area contributed by atoms with Crippen LogP contribution in [-0.4, -0.2) is 47.1 Å². The summed E-state index contributed by atoms with van der Waals surface area (Å²) in [4.78, 5) is 16.6. The van der Waals surface area contributed by atoms with Crippen LogP contribution in [0.15, 0.2) is 64.7 Å². The van der Waals surface area contributed by atoms with Gasteiger partial charge < -0.3 is 19.3 Å². The summed E-state index contributed by atoms with van der Waals surface area (Å²) in [6.07, 6.45) is 1.51. The van der Waals surface area contributed by atoms with E-state index in [0.717, 1.165) is 22.5 Å². The van der Waals surface area contributed by atoms with E-state index in [-0.39, 0.29) is 16.7 Å². The monoisotopic (exact) mass is 488 g/mol. The Morgan fingerprint density at radius 1 is 1.14 bits per heavy atom. The lowest BCUT2D eigenvalue weighted by molar-refractivity contribution is -0.131. The molecule has 0 aliphatic carbocycles. The largest absolute Gasteiger partial charge is 0.497 e. The van der Waals surface area contributed by atoms with Crippen LogP contribution in [0.1, 0.15) is 5.56 Å². The van der Waals surface area contributed by atoms with Crippen LogP contribution in [0, 0.1) is 11.3 Å². The molecule has 0 amide bonds. The number of carboxylic acids is 1. The highest BCUT2D eigenvalue weighted by atomic mass is 32.2. The van der Waals surface area contributed by atoms with E-state index >= 15 is 0 Å². The fourth-order valence-corrected chi connectivity index (χ4v) is 4.08. The van der Waals surface area contributed by atoms with Gasteiger partial charge in [-0.05, 0) is 46.8 Å². The topological polar surface area (TPSA) is 130 Å². The highest BCUT2D eigenvalue weighted by Gasteiger charge is 2.17. The number of ether oxygens (including phenoxy) is 3. The van der Waals surface area contributed by atoms with Crippen molar-refractivity contribution >= 4 is 34.6 Å². The number of methoxy groups -OCH3 is 2. The molecule has 0 aliphatic heterocycles. The summed E-state index contributed by atoms with van der Waals surface area (Å²) in [6.45, 7) is -0.164. The van der Waals surface area contributed by atoms with Gasteiger partial charge in [-0.25, -0.2) is 9.78 Å². The van der Waals surface area contributed by atoms with Crippen molar-refractivity contribution in [3.8, 4) is 34.7 Å². The number of H-pyrrole nitrogens is 1. The summed E-state index contributed by atoms with van der Waals surface area (Å²) in [6, 6.07) is 18.3. The number of nitriles is 1. The van der Waals surface area contributed by atoms with Crippen molar-refractivity contribution in [3.63, 3.8) is 0 Å². The quantitative estimate of drug-likeness (QED) is 0.253. The zero-order valence-electron chi connectivity index (χ0n) is 18.8. The van der Waals surface area contributed by atoms with Crippen LogP contribution >= 0.6 is 11.8 Å². The third kappa shape index (κ3) is 5.37. The van der Waals surface area contributed by atoms with Crippen LogP contribution in [-0.2, 0) is 4.79 Å². The van der Waals surface area contributed by atoms with Gasteiger partial charge >= 0.3 is 5.97 Å². The average Bonchev–Trinajstić information content (AvgIpc) is 3.36. The van der Waals surface area contributed by atoms with E-state index in [1.165, 1.54) is 6.08 Å². The fourth-order valence-electron chi connectivity index (χ4n) is 3.39. The molecular formula is C25H20N4O5S. The van der Waals surface area contributed by atoms with Crippen molar-refractivity contribution in [3.05, 3.63) is 65.1 Å². The molecule has 4 aromatic rings. The van der Waals surface area contributed by atoms with E-state index < -0.39 is 5.97 Å². The van der Waals surface area contributed by atoms with Crippen LogP contribution < -0.4 is 14.2 Å². The lowest BCUT2D eigenvalue weighted by Gasteiger charge is -2.11. The van der Waals surface area contributed by atoms with E-state index in [4.69, 9.17) is 19.5 Å². The smallest absolute Gasteiger partial charge is 0.342 e. The maximum absolute atomic E-state index is 12.1. The van der Waals surface area contributed by atoms with Crippen LogP contribution in [0.25, 0.3) is 28.2 Å². The predicted octanol–water partition coefficient (Wildman–Crippen LogP) is 4.76. The van der Waals surface area contributed by atoms with Crippen LogP contribution in [0.4, 0.5) is 0 Å². The van der Waals surface area contributed by atoms with Gasteiger partial charge in [-0.3, -0.25) is 5.10 Å². The summed E-state index contributed by atoms with van der Waals surface area (Å²) in [5, 5.41) is 27.8. The van der Waals surface area contributed by atoms with Crippen molar-refractivity contribution in [1.29, 1.82) is 5.26 Å². The first kappa shape index (κ1) is 23.7. The number of nitrogens with zero attached hydrogens (tertiary/aromatic N) is 3. The van der Waals surface area contributed by atoms with Crippen molar-refractivity contribution in [1.82, 2.24) is 15.2 Å². The molecule has 9 nitrogen and oxygen atoms in total. The van der Waals surface area contributed by atoms with E-state index in [0.29, 0.717) is 34.2 Å². The second-order valence-corrected chi connectivity index (χ2v) is 8.14. The minimum atomic E-state index is -1.15. The molecule has 0 aliphatic rings. The van der Waals surface area contributed by atoms with Gasteiger partial charge in [0.05, 0.1) is 14.2 Å². The standard InChI is InChI=1S/C25H20N4O5S/c1-32-17-11-16(12-18(13-17)33-2)23-27-25(29-28-23)35-22(24(30)31)14-20-19-6-4-3-5-15(19)7-8-21(20)34-10-9-26/h3-8,11-14H,10H2,1-2H3,(H,30,31)(H,27,28,29)/b22-14-. The second kappa shape index (κ2) is 10.6. The zero-order valence-corrected chi connectivity index (χ0v) is 19.6. The van der Waals surface area contributed by atoms with Crippen molar-refractivity contribution in [2.24, 2.45) is 0 Å². The molecule has 4 rings (SSSR count). The maximum atomic E-state index is 12.1. The number of hydrogen-bond acceptors (Lipinski definition) is 8. The number of aliphatic carboxylic acids is 1. The normalized spacial score (nSPS) is 11.2. The van der Waals surface area contributed by atoms with Crippen molar-refractivity contribution in [2.45, 2.75) is 5.16 Å². The molecule has 0 saturated heterocycles. The van der Waals surface area contributed by atoms with Crippen molar-refractivity contribution < 1.29 is 24.1 Å². The Kier molecular flexibility index (Phi) is 7.18. The highest BCUT2D eigenvalue weighted by molar-refractivity contribution is 8.04. The summed E-state index contributed by atoms with van der Waals surface area (Å²) in [5.74, 6) is 0.846. The molecule has 1 heterocycles. The number of rotatable bonds is 9. The first-order valence-corrected chi connectivity index (χ1v) is 11.1. The van der Waals surface area contributed by atoms with E-state index in [2.05, 4.69) is 15.2 Å². The molecule has 0 unspecified atom stereocenters. The summed E-state index contributed by atoms with van der Waals surface area (Å²) >= 11 is 0.893. The molecule has 0 saturated carbocycles. The number of carbonyl (C=O) groups is 1. The van der Waals surface area contributed by atoms with Gasteiger partial charge in [0.2, 0.25) is 5.16 Å². The Bertz CT molecular complexity index is 1440. The molecule has 1 aromatic heterocycles. The van der Waals surface area contributed by atoms with E-state index in [9.17, 15) is 9.90 Å².